The molecular weight excluding hydrogens is 368 g/mol. The van der Waals surface area contributed by atoms with Crippen LogP contribution in [-0.2, 0) is 17.0 Å². The number of benzene rings is 2. The number of carbonyl (C=O) groups is 1. The van der Waals surface area contributed by atoms with E-state index in [4.69, 9.17) is 0 Å². The molecule has 1 aliphatic heterocycles. The highest BCUT2D eigenvalue weighted by atomic mass is 32.2. The summed E-state index contributed by atoms with van der Waals surface area (Å²) in [5, 5.41) is 3.65. The van der Waals surface area contributed by atoms with E-state index >= 15 is 0 Å². The van der Waals surface area contributed by atoms with E-state index in [-0.39, 0.29) is 5.91 Å². The lowest BCUT2D eigenvalue weighted by Gasteiger charge is -2.13. The minimum absolute atomic E-state index is 0.0241. The van der Waals surface area contributed by atoms with Crippen LogP contribution in [0, 0.1) is 0 Å². The van der Waals surface area contributed by atoms with E-state index in [0.717, 1.165) is 22.6 Å². The fourth-order valence-corrected chi connectivity index (χ4v) is 5.26. The van der Waals surface area contributed by atoms with Crippen LogP contribution in [0.5, 0.6) is 0 Å². The number of hydrogen-bond acceptors (Lipinski definition) is 5. The van der Waals surface area contributed by atoms with Gasteiger partial charge in [-0.2, -0.15) is 0 Å². The lowest BCUT2D eigenvalue weighted by Crippen LogP contribution is -2.14. The summed E-state index contributed by atoms with van der Waals surface area (Å²) in [6.07, 6.45) is 2.41. The molecular formula is C19H16N2OS3. The first kappa shape index (κ1) is 16.7. The molecule has 0 unspecified atom stereocenters. The van der Waals surface area contributed by atoms with Gasteiger partial charge in [-0.1, -0.05) is 30.3 Å². The van der Waals surface area contributed by atoms with Crippen LogP contribution in [0.15, 0.2) is 58.3 Å². The van der Waals surface area contributed by atoms with Gasteiger partial charge in [0.2, 0.25) is 5.91 Å². The lowest BCUT2D eigenvalue weighted by molar-refractivity contribution is -0.115. The molecule has 4 rings (SSSR count). The van der Waals surface area contributed by atoms with Crippen LogP contribution in [0.2, 0.25) is 0 Å². The second kappa shape index (κ2) is 7.23. The number of nitrogens with zero attached hydrogens (tertiary/aromatic N) is 1. The van der Waals surface area contributed by atoms with Crippen LogP contribution in [-0.4, -0.2) is 17.1 Å². The van der Waals surface area contributed by atoms with Crippen LogP contribution in [0.3, 0.4) is 0 Å². The Morgan fingerprint density at radius 2 is 2.00 bits per heavy atom. The van der Waals surface area contributed by atoms with Crippen molar-refractivity contribution in [1.82, 2.24) is 4.98 Å². The molecule has 1 N–H and O–H groups in total. The largest absolute Gasteiger partial charge is 0.302 e. The van der Waals surface area contributed by atoms with Gasteiger partial charge < -0.3 is 5.32 Å². The van der Waals surface area contributed by atoms with Crippen LogP contribution < -0.4 is 5.32 Å². The standard InChI is InChI=1S/C19H16N2OS3/c1-23-13-8-6-12(7-9-13)10-17(22)20-19-21-18-14-4-2-3-5-15(14)24-11-16(18)25-19/h2-9H,10-11H2,1H3,(H,20,21,22). The number of hydrogen-bond donors (Lipinski definition) is 1. The number of rotatable bonds is 4. The Morgan fingerprint density at radius 1 is 1.20 bits per heavy atom. The van der Waals surface area contributed by atoms with Crippen molar-refractivity contribution in [2.24, 2.45) is 0 Å². The molecule has 0 spiro atoms. The number of fused-ring (bicyclic) bond motifs is 3. The maximum Gasteiger partial charge on any atom is 0.230 e. The third kappa shape index (κ3) is 3.61. The maximum absolute atomic E-state index is 12.3. The van der Waals surface area contributed by atoms with E-state index in [2.05, 4.69) is 22.4 Å². The van der Waals surface area contributed by atoms with E-state index in [1.807, 2.05) is 54.4 Å². The summed E-state index contributed by atoms with van der Waals surface area (Å²) in [6, 6.07) is 16.4. The average Bonchev–Trinajstić information content (AvgIpc) is 3.05. The Kier molecular flexibility index (Phi) is 4.83. The second-order valence-corrected chi connectivity index (χ2v) is 8.63. The van der Waals surface area contributed by atoms with E-state index in [9.17, 15) is 4.79 Å². The van der Waals surface area contributed by atoms with Crippen LogP contribution in [0.1, 0.15) is 10.4 Å². The molecule has 126 valence electrons. The highest BCUT2D eigenvalue weighted by Gasteiger charge is 2.21. The van der Waals surface area contributed by atoms with Gasteiger partial charge in [-0.15, -0.1) is 34.9 Å². The predicted octanol–water partition coefficient (Wildman–Crippen LogP) is 5.32. The molecule has 0 bridgehead atoms. The summed E-state index contributed by atoms with van der Waals surface area (Å²) >= 11 is 5.10. The molecule has 3 nitrogen and oxygen atoms in total. The van der Waals surface area contributed by atoms with E-state index < -0.39 is 0 Å². The Balaban J connectivity index is 1.48. The molecule has 0 saturated carbocycles. The molecule has 3 aromatic rings. The number of nitrogens with one attached hydrogen (secondary N) is 1. The first-order valence-electron chi connectivity index (χ1n) is 7.87. The minimum atomic E-state index is -0.0241. The highest BCUT2D eigenvalue weighted by Crippen LogP contribution is 2.44. The third-order valence-electron chi connectivity index (χ3n) is 3.97. The van der Waals surface area contributed by atoms with Gasteiger partial charge in [0, 0.05) is 26.0 Å². The number of aromatic nitrogens is 1. The molecule has 1 aliphatic rings. The SMILES string of the molecule is CSc1ccc(CC(=O)Nc2nc3c(s2)CSc2ccccc2-3)cc1. The number of carbonyl (C=O) groups excluding carboxylic acids is 1. The Bertz CT molecular complexity index is 919. The summed E-state index contributed by atoms with van der Waals surface area (Å²) in [5.41, 5.74) is 3.19. The Morgan fingerprint density at radius 3 is 2.80 bits per heavy atom. The lowest BCUT2D eigenvalue weighted by atomic mass is 10.1. The smallest absolute Gasteiger partial charge is 0.230 e. The average molecular weight is 385 g/mol. The molecule has 6 heteroatoms. The molecule has 0 aliphatic carbocycles. The summed E-state index contributed by atoms with van der Waals surface area (Å²) in [4.78, 5) is 20.7. The molecule has 25 heavy (non-hydrogen) atoms. The first-order chi connectivity index (χ1) is 12.2. The van der Waals surface area contributed by atoms with Gasteiger partial charge >= 0.3 is 0 Å². The fourth-order valence-electron chi connectivity index (χ4n) is 2.74. The zero-order valence-corrected chi connectivity index (χ0v) is 16.1. The van der Waals surface area contributed by atoms with Crippen molar-refractivity contribution < 1.29 is 4.79 Å². The van der Waals surface area contributed by atoms with Gasteiger partial charge in [-0.3, -0.25) is 4.79 Å². The molecule has 1 aromatic heterocycles. The van der Waals surface area contributed by atoms with E-state index in [1.54, 1.807) is 23.1 Å². The van der Waals surface area contributed by atoms with Gasteiger partial charge in [0.05, 0.1) is 12.1 Å². The number of thioether (sulfide) groups is 2. The van der Waals surface area contributed by atoms with Crippen LogP contribution in [0.25, 0.3) is 11.3 Å². The van der Waals surface area contributed by atoms with Crippen LogP contribution in [0.4, 0.5) is 5.13 Å². The van der Waals surface area contributed by atoms with Crippen molar-refractivity contribution >= 4 is 45.9 Å². The quantitative estimate of drug-likeness (QED) is 0.618. The second-order valence-electron chi connectivity index (χ2n) is 5.65. The molecule has 1 amide bonds. The summed E-state index contributed by atoms with van der Waals surface area (Å²) in [5.74, 6) is 0.889. The van der Waals surface area contributed by atoms with Crippen LogP contribution >= 0.6 is 34.9 Å². The van der Waals surface area contributed by atoms with Gasteiger partial charge in [-0.25, -0.2) is 4.98 Å². The monoisotopic (exact) mass is 384 g/mol. The summed E-state index contributed by atoms with van der Waals surface area (Å²) in [7, 11) is 0. The number of amides is 1. The zero-order chi connectivity index (χ0) is 17.2. The van der Waals surface area contributed by atoms with Crippen molar-refractivity contribution in [1.29, 1.82) is 0 Å². The normalized spacial score (nSPS) is 12.4. The molecule has 0 fully saturated rings. The fraction of sp³-hybridized carbons (Fsp3) is 0.158. The molecule has 0 radical (unpaired) electrons. The van der Waals surface area contributed by atoms with Gasteiger partial charge in [0.25, 0.3) is 0 Å². The maximum atomic E-state index is 12.3. The Hall–Kier alpha value is -1.76. The van der Waals surface area contributed by atoms with Crippen molar-refractivity contribution in [3.8, 4) is 11.3 Å². The van der Waals surface area contributed by atoms with Crippen molar-refractivity contribution in [3.05, 3.63) is 59.0 Å². The topological polar surface area (TPSA) is 42.0 Å². The molecule has 0 saturated heterocycles. The van der Waals surface area contributed by atoms with Gasteiger partial charge in [0.1, 0.15) is 0 Å². The number of thiazole rings is 1. The zero-order valence-electron chi connectivity index (χ0n) is 13.6. The first-order valence-corrected chi connectivity index (χ1v) is 10.9. The van der Waals surface area contributed by atoms with Gasteiger partial charge in [-0.05, 0) is 30.0 Å². The molecule has 2 aromatic carbocycles. The minimum Gasteiger partial charge on any atom is -0.302 e. The van der Waals surface area contributed by atoms with Gasteiger partial charge in [0.15, 0.2) is 5.13 Å². The van der Waals surface area contributed by atoms with Crippen molar-refractivity contribution in [2.45, 2.75) is 22.0 Å². The summed E-state index contributed by atoms with van der Waals surface area (Å²) < 4.78 is 0. The third-order valence-corrected chi connectivity index (χ3v) is 6.97. The predicted molar refractivity (Wildman–Crippen MR) is 108 cm³/mol. The van der Waals surface area contributed by atoms with E-state index in [1.165, 1.54) is 14.7 Å². The van der Waals surface area contributed by atoms with E-state index in [0.29, 0.717) is 11.6 Å². The Labute approximate surface area is 159 Å². The van der Waals surface area contributed by atoms with Crippen molar-refractivity contribution in [3.63, 3.8) is 0 Å². The van der Waals surface area contributed by atoms with Crippen molar-refractivity contribution in [2.75, 3.05) is 11.6 Å². The summed E-state index contributed by atoms with van der Waals surface area (Å²) in [6.45, 7) is 0. The highest BCUT2D eigenvalue weighted by molar-refractivity contribution is 7.99. The molecule has 2 heterocycles. The number of anilines is 1. The molecule has 0 atom stereocenters.